The Hall–Kier alpha value is -9.76. The van der Waals surface area contributed by atoms with Crippen molar-refractivity contribution in [3.05, 3.63) is 302 Å². The van der Waals surface area contributed by atoms with Crippen LogP contribution in [0, 0.1) is 0 Å². The van der Waals surface area contributed by atoms with Crippen LogP contribution in [-0.4, -0.2) is 4.57 Å². The van der Waals surface area contributed by atoms with Gasteiger partial charge in [-0.15, -0.1) is 0 Å². The van der Waals surface area contributed by atoms with E-state index in [0.29, 0.717) is 0 Å². The highest BCUT2D eigenvalue weighted by Gasteiger charge is 2.38. The van der Waals surface area contributed by atoms with Crippen LogP contribution >= 0.6 is 0 Å². The summed E-state index contributed by atoms with van der Waals surface area (Å²) >= 11 is 0. The fourth-order valence-corrected chi connectivity index (χ4v) is 12.2. The summed E-state index contributed by atoms with van der Waals surface area (Å²) in [5.41, 5.74) is 26.2. The summed E-state index contributed by atoms with van der Waals surface area (Å²) in [6.45, 7) is 4.81. The zero-order valence-electron chi connectivity index (χ0n) is 43.1. The summed E-state index contributed by atoms with van der Waals surface area (Å²) in [5.74, 6) is 0. The first-order chi connectivity index (χ1) is 37.9. The van der Waals surface area contributed by atoms with E-state index in [-0.39, 0.29) is 5.41 Å². The number of fused-ring (bicyclic) bond motifs is 6. The molecule has 0 unspecified atom stereocenters. The second-order valence-corrected chi connectivity index (χ2v) is 20.9. The van der Waals surface area contributed by atoms with Crippen LogP contribution in [0.2, 0.25) is 0 Å². The van der Waals surface area contributed by atoms with Crippen LogP contribution in [0.4, 0.5) is 17.1 Å². The number of nitrogens with zero attached hydrogens (tertiary/aromatic N) is 2. The van der Waals surface area contributed by atoms with E-state index in [1.54, 1.807) is 0 Å². The monoisotopic (exact) mass is 982 g/mol. The molecule has 364 valence electrons. The summed E-state index contributed by atoms with van der Waals surface area (Å²) in [7, 11) is 0. The molecule has 1 aromatic heterocycles. The van der Waals surface area contributed by atoms with Crippen LogP contribution in [0.15, 0.2) is 291 Å². The second kappa shape index (κ2) is 18.9. The largest absolute Gasteiger partial charge is 0.310 e. The van der Waals surface area contributed by atoms with Crippen molar-refractivity contribution in [2.45, 2.75) is 19.3 Å². The van der Waals surface area contributed by atoms with Gasteiger partial charge in [0.15, 0.2) is 0 Å². The quantitative estimate of drug-likeness (QED) is 0.133. The minimum atomic E-state index is -0.236. The number of rotatable bonds is 10. The molecule has 0 bridgehead atoms. The topological polar surface area (TPSA) is 8.17 Å². The molecule has 12 aromatic carbocycles. The first kappa shape index (κ1) is 45.8. The predicted molar refractivity (Wildman–Crippen MR) is 326 cm³/mol. The smallest absolute Gasteiger partial charge is 0.0541 e. The minimum Gasteiger partial charge on any atom is -0.310 e. The molecule has 0 amide bonds. The van der Waals surface area contributed by atoms with Gasteiger partial charge in [-0.2, -0.15) is 0 Å². The number of hydrogen-bond acceptors (Lipinski definition) is 1. The predicted octanol–water partition coefficient (Wildman–Crippen LogP) is 20.6. The average Bonchev–Trinajstić information content (AvgIpc) is 4.14. The molecule has 0 spiro atoms. The van der Waals surface area contributed by atoms with Crippen LogP contribution < -0.4 is 4.90 Å². The summed E-state index contributed by atoms with van der Waals surface area (Å²) in [6, 6.07) is 107. The molecule has 2 nitrogen and oxygen atoms in total. The van der Waals surface area contributed by atoms with Gasteiger partial charge in [-0.05, 0) is 174 Å². The van der Waals surface area contributed by atoms with Crippen LogP contribution in [0.3, 0.4) is 0 Å². The zero-order chi connectivity index (χ0) is 51.5. The summed E-state index contributed by atoms with van der Waals surface area (Å²) in [6.07, 6.45) is 0. The van der Waals surface area contributed by atoms with Gasteiger partial charge in [0.05, 0.1) is 11.0 Å². The van der Waals surface area contributed by atoms with Crippen LogP contribution in [0.1, 0.15) is 25.0 Å². The lowest BCUT2D eigenvalue weighted by atomic mass is 9.78. The van der Waals surface area contributed by atoms with E-state index < -0.39 is 0 Å². The van der Waals surface area contributed by atoms with E-state index in [1.165, 1.54) is 105 Å². The highest BCUT2D eigenvalue weighted by molar-refractivity contribution is 6.12. The Bertz CT molecular complexity index is 4210. The van der Waals surface area contributed by atoms with Gasteiger partial charge in [0, 0.05) is 38.9 Å². The maximum Gasteiger partial charge on any atom is 0.0541 e. The lowest BCUT2D eigenvalue weighted by molar-refractivity contribution is 0.662. The van der Waals surface area contributed by atoms with E-state index >= 15 is 0 Å². The third kappa shape index (κ3) is 8.14. The Morgan fingerprint density at radius 2 is 0.675 bits per heavy atom. The molecule has 1 aliphatic carbocycles. The fraction of sp³-hybridized carbons (Fsp3) is 0.0400. The molecular formula is C75H54N2. The van der Waals surface area contributed by atoms with Crippen LogP contribution in [-0.2, 0) is 5.41 Å². The standard InChI is InChI=1S/C75H54N2/c1-75(2)71-29-16-15-28-66(71)70-50-61(58-26-17-27-65(46-58)76(62-38-30-55(31-39-62)51-18-7-3-8-19-51)63-40-32-56(33-41-63)52-20-9-4-10-21-52)49-67(74(70)75)60-37-45-73-69(48-60)68-47-59(54-24-13-6-14-25-54)36-44-72(68)77(73)64-42-34-57(35-43-64)53-22-11-5-12-23-53/h3-50H,1-2H3. The third-order valence-corrected chi connectivity index (χ3v) is 16.0. The Labute approximate surface area is 451 Å². The number of benzene rings is 12. The summed E-state index contributed by atoms with van der Waals surface area (Å²) in [4.78, 5) is 2.39. The molecule has 14 rings (SSSR count). The molecule has 0 aliphatic heterocycles. The zero-order valence-corrected chi connectivity index (χ0v) is 43.1. The van der Waals surface area contributed by atoms with Crippen molar-refractivity contribution >= 4 is 38.9 Å². The molecule has 0 saturated carbocycles. The number of aromatic nitrogens is 1. The number of anilines is 3. The third-order valence-electron chi connectivity index (χ3n) is 16.0. The SMILES string of the molecule is CC1(C)c2ccccc2-c2cc(-c3cccc(N(c4ccc(-c5ccccc5)cc4)c4ccc(-c5ccccc5)cc4)c3)cc(-c3ccc4c(c3)c3cc(-c5ccccc5)ccc3n4-c3ccc(-c4ccccc4)cc3)c21. The van der Waals surface area contributed by atoms with Crippen molar-refractivity contribution in [2.24, 2.45) is 0 Å². The van der Waals surface area contributed by atoms with Crippen LogP contribution in [0.25, 0.3) is 105 Å². The van der Waals surface area contributed by atoms with Crippen molar-refractivity contribution in [1.29, 1.82) is 0 Å². The average molecular weight is 983 g/mol. The lowest BCUT2D eigenvalue weighted by Crippen LogP contribution is -2.16. The van der Waals surface area contributed by atoms with Crippen molar-refractivity contribution in [3.63, 3.8) is 0 Å². The number of hydrogen-bond donors (Lipinski definition) is 0. The first-order valence-electron chi connectivity index (χ1n) is 26.7. The highest BCUT2D eigenvalue weighted by atomic mass is 15.1. The molecule has 2 heteroatoms. The van der Waals surface area contributed by atoms with E-state index in [4.69, 9.17) is 0 Å². The maximum atomic E-state index is 2.47. The molecule has 1 heterocycles. The van der Waals surface area contributed by atoms with Gasteiger partial charge >= 0.3 is 0 Å². The minimum absolute atomic E-state index is 0.236. The highest BCUT2D eigenvalue weighted by Crippen LogP contribution is 2.54. The molecular weight excluding hydrogens is 929 g/mol. The van der Waals surface area contributed by atoms with Crippen molar-refractivity contribution in [2.75, 3.05) is 4.90 Å². The van der Waals surface area contributed by atoms with E-state index in [0.717, 1.165) is 28.3 Å². The molecule has 0 saturated heterocycles. The molecule has 0 atom stereocenters. The Kier molecular flexibility index (Phi) is 11.2. The Balaban J connectivity index is 0.936. The summed E-state index contributed by atoms with van der Waals surface area (Å²) < 4.78 is 2.44. The van der Waals surface area contributed by atoms with Gasteiger partial charge in [-0.25, -0.2) is 0 Å². The van der Waals surface area contributed by atoms with Crippen molar-refractivity contribution in [1.82, 2.24) is 4.57 Å². The van der Waals surface area contributed by atoms with Crippen molar-refractivity contribution in [3.8, 4) is 83.6 Å². The molecule has 0 radical (unpaired) electrons. The van der Waals surface area contributed by atoms with Gasteiger partial charge < -0.3 is 9.47 Å². The van der Waals surface area contributed by atoms with Gasteiger partial charge in [0.1, 0.15) is 0 Å². The Morgan fingerprint density at radius 3 is 1.22 bits per heavy atom. The van der Waals surface area contributed by atoms with E-state index in [2.05, 4.69) is 315 Å². The molecule has 13 aromatic rings. The first-order valence-corrected chi connectivity index (χ1v) is 26.7. The lowest BCUT2D eigenvalue weighted by Gasteiger charge is -2.27. The molecule has 77 heavy (non-hydrogen) atoms. The van der Waals surface area contributed by atoms with Crippen molar-refractivity contribution < 1.29 is 0 Å². The van der Waals surface area contributed by atoms with E-state index in [1.807, 2.05) is 0 Å². The maximum absolute atomic E-state index is 2.47. The van der Waals surface area contributed by atoms with Gasteiger partial charge in [-0.3, -0.25) is 0 Å². The molecule has 0 N–H and O–H groups in total. The Morgan fingerprint density at radius 1 is 0.273 bits per heavy atom. The van der Waals surface area contributed by atoms with Crippen LogP contribution in [0.5, 0.6) is 0 Å². The van der Waals surface area contributed by atoms with Gasteiger partial charge in [0.25, 0.3) is 0 Å². The second-order valence-electron chi connectivity index (χ2n) is 20.9. The molecule has 1 aliphatic rings. The van der Waals surface area contributed by atoms with E-state index in [9.17, 15) is 0 Å². The van der Waals surface area contributed by atoms with Gasteiger partial charge in [-0.1, -0.05) is 220 Å². The summed E-state index contributed by atoms with van der Waals surface area (Å²) in [5, 5.41) is 2.45. The molecule has 0 fully saturated rings. The fourth-order valence-electron chi connectivity index (χ4n) is 12.2. The van der Waals surface area contributed by atoms with Gasteiger partial charge in [0.2, 0.25) is 0 Å². The normalized spacial score (nSPS) is 12.4.